The van der Waals surface area contributed by atoms with Crippen molar-refractivity contribution in [2.24, 2.45) is 0 Å². The van der Waals surface area contributed by atoms with E-state index in [4.69, 9.17) is 4.74 Å². The van der Waals surface area contributed by atoms with Crippen LogP contribution in [0.1, 0.15) is 0 Å². The van der Waals surface area contributed by atoms with Gasteiger partial charge < -0.3 is 20.1 Å². The average molecular weight is 337 g/mol. The van der Waals surface area contributed by atoms with Crippen molar-refractivity contribution in [3.8, 4) is 17.0 Å². The minimum absolute atomic E-state index is 0.259. The van der Waals surface area contributed by atoms with Crippen molar-refractivity contribution in [2.45, 2.75) is 23.7 Å². The van der Waals surface area contributed by atoms with Gasteiger partial charge in [0.15, 0.2) is 5.44 Å². The maximum Gasteiger partial charge on any atom is 0.173 e. The van der Waals surface area contributed by atoms with Gasteiger partial charge in [-0.15, -0.1) is 11.8 Å². The first-order valence-electron chi connectivity index (χ1n) is 7.09. The molecule has 2 heterocycles. The van der Waals surface area contributed by atoms with Crippen LogP contribution in [0.4, 0.5) is 4.39 Å². The molecular weight excluding hydrogens is 321 g/mol. The van der Waals surface area contributed by atoms with Crippen molar-refractivity contribution in [1.29, 1.82) is 0 Å². The quantitative estimate of drug-likeness (QED) is 0.786. The fourth-order valence-corrected chi connectivity index (χ4v) is 3.43. The number of thioether (sulfide) groups is 1. The summed E-state index contributed by atoms with van der Waals surface area (Å²) < 4.78 is 18.9. The monoisotopic (exact) mass is 337 g/mol. The zero-order chi connectivity index (χ0) is 16.4. The van der Waals surface area contributed by atoms with Crippen LogP contribution >= 0.6 is 11.8 Å². The van der Waals surface area contributed by atoms with E-state index in [2.05, 4.69) is 4.98 Å². The van der Waals surface area contributed by atoms with Gasteiger partial charge in [-0.2, -0.15) is 0 Å². The van der Waals surface area contributed by atoms with E-state index in [0.717, 1.165) is 0 Å². The Morgan fingerprint density at radius 3 is 2.57 bits per heavy atom. The standard InChI is InChI=1S/C16H16FNO4S/c17-10-5-3-9(4-6-10)13-12(2-1-7-18-13)22-16-15(21)14(20)11(19)8-23-16/h1-7,11,14-16,19-21H,8H2/t11-,14+,15-,16-/m1/s1. The number of hydrogen-bond acceptors (Lipinski definition) is 6. The molecule has 0 radical (unpaired) electrons. The fourth-order valence-electron chi connectivity index (χ4n) is 2.32. The summed E-state index contributed by atoms with van der Waals surface area (Å²) in [6.45, 7) is 0. The van der Waals surface area contributed by atoms with E-state index in [9.17, 15) is 19.7 Å². The smallest absolute Gasteiger partial charge is 0.173 e. The number of pyridine rings is 1. The minimum atomic E-state index is -1.26. The number of nitrogens with zero attached hydrogens (tertiary/aromatic N) is 1. The summed E-state index contributed by atoms with van der Waals surface area (Å²) in [4.78, 5) is 4.25. The van der Waals surface area contributed by atoms with Gasteiger partial charge in [0.2, 0.25) is 0 Å². The highest BCUT2D eigenvalue weighted by Crippen LogP contribution is 2.33. The highest BCUT2D eigenvalue weighted by molar-refractivity contribution is 7.99. The van der Waals surface area contributed by atoms with E-state index >= 15 is 0 Å². The molecule has 3 N–H and O–H groups in total. The Morgan fingerprint density at radius 1 is 1.09 bits per heavy atom. The molecule has 1 aromatic heterocycles. The normalized spacial score (nSPS) is 27.7. The summed E-state index contributed by atoms with van der Waals surface area (Å²) in [5.41, 5.74) is 0.468. The van der Waals surface area contributed by atoms with E-state index in [-0.39, 0.29) is 11.6 Å². The maximum atomic E-state index is 13.1. The van der Waals surface area contributed by atoms with E-state index in [0.29, 0.717) is 17.0 Å². The Bertz CT molecular complexity index is 669. The van der Waals surface area contributed by atoms with Gasteiger partial charge in [0, 0.05) is 17.5 Å². The van der Waals surface area contributed by atoms with Crippen molar-refractivity contribution in [3.63, 3.8) is 0 Å². The van der Waals surface area contributed by atoms with Crippen molar-refractivity contribution < 1.29 is 24.4 Å². The van der Waals surface area contributed by atoms with Gasteiger partial charge in [-0.1, -0.05) is 0 Å². The van der Waals surface area contributed by atoms with Crippen LogP contribution in [0.25, 0.3) is 11.3 Å². The van der Waals surface area contributed by atoms with Gasteiger partial charge in [0.1, 0.15) is 29.5 Å². The molecule has 0 bridgehead atoms. The van der Waals surface area contributed by atoms with Crippen LogP contribution < -0.4 is 4.74 Å². The number of rotatable bonds is 3. The van der Waals surface area contributed by atoms with Crippen molar-refractivity contribution >= 4 is 11.8 Å². The molecule has 5 nitrogen and oxygen atoms in total. The first-order chi connectivity index (χ1) is 11.1. The SMILES string of the molecule is O[C@@H]1[C@@H](O)[C@H](Oc2cccnc2-c2ccc(F)cc2)SC[C@H]1O. The Morgan fingerprint density at radius 2 is 1.83 bits per heavy atom. The van der Waals surface area contributed by atoms with Crippen LogP contribution in [0.5, 0.6) is 5.75 Å². The molecule has 0 saturated carbocycles. The van der Waals surface area contributed by atoms with E-state index in [1.807, 2.05) is 0 Å². The summed E-state index contributed by atoms with van der Waals surface area (Å²) in [6, 6.07) is 9.22. The highest BCUT2D eigenvalue weighted by atomic mass is 32.2. The van der Waals surface area contributed by atoms with Crippen molar-refractivity contribution in [2.75, 3.05) is 5.75 Å². The summed E-state index contributed by atoms with van der Waals surface area (Å²) in [5.74, 6) is 0.330. The third-order valence-corrected chi connectivity index (χ3v) is 4.82. The van der Waals surface area contributed by atoms with Crippen molar-refractivity contribution in [1.82, 2.24) is 4.98 Å². The molecule has 0 amide bonds. The molecule has 0 spiro atoms. The van der Waals surface area contributed by atoms with Crippen LogP contribution in [-0.4, -0.2) is 49.8 Å². The summed E-state index contributed by atoms with van der Waals surface area (Å²) >= 11 is 1.21. The molecule has 122 valence electrons. The number of aliphatic hydroxyl groups is 3. The van der Waals surface area contributed by atoms with Gasteiger partial charge >= 0.3 is 0 Å². The van der Waals surface area contributed by atoms with Gasteiger partial charge in [0.25, 0.3) is 0 Å². The predicted molar refractivity (Wildman–Crippen MR) is 84.5 cm³/mol. The predicted octanol–water partition coefficient (Wildman–Crippen LogP) is 1.42. The van der Waals surface area contributed by atoms with Gasteiger partial charge in [-0.25, -0.2) is 4.39 Å². The molecule has 1 fully saturated rings. The number of benzene rings is 1. The second-order valence-corrected chi connectivity index (χ2v) is 6.36. The molecule has 2 aromatic rings. The first-order valence-corrected chi connectivity index (χ1v) is 8.14. The molecule has 1 aliphatic heterocycles. The van der Waals surface area contributed by atoms with Crippen LogP contribution in [0.2, 0.25) is 0 Å². The second kappa shape index (κ2) is 6.84. The van der Waals surface area contributed by atoms with Gasteiger partial charge in [-0.05, 0) is 36.4 Å². The Hall–Kier alpha value is -1.67. The lowest BCUT2D eigenvalue weighted by Gasteiger charge is -2.34. The van der Waals surface area contributed by atoms with Crippen LogP contribution in [0, 0.1) is 5.82 Å². The molecule has 0 unspecified atom stereocenters. The molecule has 0 aliphatic carbocycles. The number of halogens is 1. The molecule has 1 aromatic carbocycles. The first kappa shape index (κ1) is 16.2. The highest BCUT2D eigenvalue weighted by Gasteiger charge is 2.38. The van der Waals surface area contributed by atoms with E-state index in [1.54, 1.807) is 30.5 Å². The van der Waals surface area contributed by atoms with E-state index in [1.165, 1.54) is 23.9 Å². The topological polar surface area (TPSA) is 82.8 Å². The number of aliphatic hydroxyl groups excluding tert-OH is 3. The molecule has 23 heavy (non-hydrogen) atoms. The van der Waals surface area contributed by atoms with Gasteiger partial charge in [-0.3, -0.25) is 4.98 Å². The molecule has 1 saturated heterocycles. The molecule has 3 rings (SSSR count). The van der Waals surface area contributed by atoms with Crippen LogP contribution in [0.15, 0.2) is 42.6 Å². The lowest BCUT2D eigenvalue weighted by Crippen LogP contribution is -2.50. The third-order valence-electron chi connectivity index (χ3n) is 3.59. The summed E-state index contributed by atoms with van der Waals surface area (Å²) in [5, 5.41) is 29.4. The molecule has 4 atom stereocenters. The third kappa shape index (κ3) is 3.48. The lowest BCUT2D eigenvalue weighted by molar-refractivity contribution is -0.0785. The Kier molecular flexibility index (Phi) is 4.82. The lowest BCUT2D eigenvalue weighted by atomic mass is 10.1. The number of hydrogen-bond donors (Lipinski definition) is 3. The zero-order valence-corrected chi connectivity index (χ0v) is 12.9. The van der Waals surface area contributed by atoms with Crippen LogP contribution in [0.3, 0.4) is 0 Å². The second-order valence-electron chi connectivity index (χ2n) is 5.23. The van der Waals surface area contributed by atoms with Crippen LogP contribution in [-0.2, 0) is 0 Å². The average Bonchev–Trinajstić information content (AvgIpc) is 2.57. The van der Waals surface area contributed by atoms with E-state index < -0.39 is 23.7 Å². The number of ether oxygens (including phenoxy) is 1. The minimum Gasteiger partial charge on any atom is -0.475 e. The zero-order valence-electron chi connectivity index (χ0n) is 12.0. The Balaban J connectivity index is 1.85. The molecule has 7 heteroatoms. The van der Waals surface area contributed by atoms with Gasteiger partial charge in [0.05, 0.1) is 6.10 Å². The molecule has 1 aliphatic rings. The van der Waals surface area contributed by atoms with Crippen molar-refractivity contribution in [3.05, 3.63) is 48.4 Å². The summed E-state index contributed by atoms with van der Waals surface area (Å²) in [7, 11) is 0. The fraction of sp³-hybridized carbons (Fsp3) is 0.312. The molecular formula is C16H16FNO4S. The maximum absolute atomic E-state index is 13.1. The largest absolute Gasteiger partial charge is 0.475 e. The Labute approximate surface area is 136 Å². The number of aromatic nitrogens is 1. The summed E-state index contributed by atoms with van der Waals surface area (Å²) in [6.07, 6.45) is -1.87.